The van der Waals surface area contributed by atoms with E-state index in [2.05, 4.69) is 20.4 Å². The minimum absolute atomic E-state index is 0.0466. The second-order valence-corrected chi connectivity index (χ2v) is 11.8. The predicted octanol–water partition coefficient (Wildman–Crippen LogP) is 4.66. The zero-order valence-electron chi connectivity index (χ0n) is 23.0. The molecule has 3 aromatic rings. The van der Waals surface area contributed by atoms with Crippen molar-refractivity contribution in [3.05, 3.63) is 64.9 Å². The van der Waals surface area contributed by atoms with Gasteiger partial charge in [0.1, 0.15) is 24.0 Å². The molecular formula is C29H36ClN5O4. The molecule has 4 rings (SSSR count). The zero-order chi connectivity index (χ0) is 28.3. The summed E-state index contributed by atoms with van der Waals surface area (Å²) in [5.41, 5.74) is 2.70. The highest BCUT2D eigenvalue weighted by Crippen LogP contribution is 2.33. The van der Waals surface area contributed by atoms with Gasteiger partial charge in [0.25, 0.3) is 0 Å². The first-order valence-electron chi connectivity index (χ1n) is 13.3. The molecule has 2 N–H and O–H groups in total. The maximum Gasteiger partial charge on any atom is 0.243 e. The van der Waals surface area contributed by atoms with Gasteiger partial charge in [-0.1, -0.05) is 75.6 Å². The Labute approximate surface area is 234 Å². The minimum Gasteiger partial charge on any atom is -0.394 e. The SMILES string of the molecule is CC(C)[C@@H](C(=O)N1CCC[C@H]1C(=O)N[C@@H](CO)c1ccc(-c2ncncc2Cl)cc1)c1cc(C(C)(C)C)no1. The van der Waals surface area contributed by atoms with Crippen LogP contribution in [0, 0.1) is 5.92 Å². The van der Waals surface area contributed by atoms with Crippen LogP contribution >= 0.6 is 11.6 Å². The van der Waals surface area contributed by atoms with Gasteiger partial charge >= 0.3 is 0 Å². The third-order valence-electron chi connectivity index (χ3n) is 7.13. The van der Waals surface area contributed by atoms with Crippen molar-refractivity contribution in [2.45, 2.75) is 70.9 Å². The van der Waals surface area contributed by atoms with Crippen molar-refractivity contribution in [3.8, 4) is 11.3 Å². The van der Waals surface area contributed by atoms with Crippen LogP contribution in [0.15, 0.2) is 47.4 Å². The Hall–Kier alpha value is -3.30. The number of benzene rings is 1. The van der Waals surface area contributed by atoms with Gasteiger partial charge in [0.05, 0.1) is 29.1 Å². The van der Waals surface area contributed by atoms with E-state index in [1.54, 1.807) is 4.90 Å². The van der Waals surface area contributed by atoms with Gasteiger partial charge in [0.2, 0.25) is 11.8 Å². The molecule has 208 valence electrons. The largest absolute Gasteiger partial charge is 0.394 e. The van der Waals surface area contributed by atoms with E-state index >= 15 is 0 Å². The Bertz CT molecular complexity index is 1300. The lowest BCUT2D eigenvalue weighted by Crippen LogP contribution is -2.49. The summed E-state index contributed by atoms with van der Waals surface area (Å²) in [4.78, 5) is 37.0. The van der Waals surface area contributed by atoms with Crippen LogP contribution in [-0.4, -0.2) is 56.1 Å². The average molecular weight is 554 g/mol. The monoisotopic (exact) mass is 553 g/mol. The molecule has 3 atom stereocenters. The van der Waals surface area contributed by atoms with E-state index in [4.69, 9.17) is 16.1 Å². The highest BCUT2D eigenvalue weighted by molar-refractivity contribution is 6.32. The summed E-state index contributed by atoms with van der Waals surface area (Å²) >= 11 is 6.21. The van der Waals surface area contributed by atoms with Gasteiger partial charge in [-0.3, -0.25) is 9.59 Å². The van der Waals surface area contributed by atoms with E-state index in [1.807, 2.05) is 65.0 Å². The molecule has 1 fully saturated rings. The van der Waals surface area contributed by atoms with E-state index in [9.17, 15) is 14.7 Å². The summed E-state index contributed by atoms with van der Waals surface area (Å²) in [5.74, 6) is -0.515. The number of amides is 2. The summed E-state index contributed by atoms with van der Waals surface area (Å²) in [5, 5.41) is 17.7. The number of carbonyl (C=O) groups excluding carboxylic acids is 2. The topological polar surface area (TPSA) is 121 Å². The quantitative estimate of drug-likeness (QED) is 0.416. The van der Waals surface area contributed by atoms with Gasteiger partial charge in [0, 0.05) is 29.8 Å². The molecule has 2 amide bonds. The van der Waals surface area contributed by atoms with Gasteiger partial charge in [-0.15, -0.1) is 0 Å². The predicted molar refractivity (Wildman–Crippen MR) is 148 cm³/mol. The Morgan fingerprint density at radius 2 is 1.95 bits per heavy atom. The molecule has 1 aliphatic rings. The number of carbonyl (C=O) groups is 2. The molecule has 9 nitrogen and oxygen atoms in total. The lowest BCUT2D eigenvalue weighted by Gasteiger charge is -2.30. The first kappa shape index (κ1) is 28.7. The highest BCUT2D eigenvalue weighted by Gasteiger charge is 2.41. The van der Waals surface area contributed by atoms with E-state index in [0.29, 0.717) is 29.4 Å². The van der Waals surface area contributed by atoms with Crippen molar-refractivity contribution >= 4 is 23.4 Å². The standard InChI is InChI=1S/C29H36ClN5O4/c1-17(2)25(23-13-24(34-39-23)29(3,4)5)28(38)35-12-6-7-22(35)27(37)33-21(15-36)18-8-10-19(11-9-18)26-20(30)14-31-16-32-26/h8-11,13-14,16-17,21-22,25,36H,6-7,12,15H2,1-5H3,(H,33,37)/t21-,22-,25+/m0/s1. The van der Waals surface area contributed by atoms with Crippen LogP contribution in [0.3, 0.4) is 0 Å². The maximum absolute atomic E-state index is 13.8. The molecule has 0 radical (unpaired) electrons. The number of hydrogen-bond donors (Lipinski definition) is 2. The van der Waals surface area contributed by atoms with Crippen LogP contribution in [0.2, 0.25) is 5.02 Å². The van der Waals surface area contributed by atoms with E-state index in [0.717, 1.165) is 23.2 Å². The third-order valence-corrected chi connectivity index (χ3v) is 7.40. The van der Waals surface area contributed by atoms with Gasteiger partial charge in [-0.2, -0.15) is 0 Å². The number of halogens is 1. The van der Waals surface area contributed by atoms with E-state index in [1.165, 1.54) is 12.5 Å². The molecule has 1 aromatic carbocycles. The number of nitrogens with one attached hydrogen (secondary N) is 1. The van der Waals surface area contributed by atoms with Crippen LogP contribution in [0.1, 0.15) is 76.4 Å². The fourth-order valence-electron chi connectivity index (χ4n) is 4.91. The average Bonchev–Trinajstić information content (AvgIpc) is 3.58. The number of likely N-dealkylation sites (tertiary alicyclic amines) is 1. The molecule has 0 aliphatic carbocycles. The van der Waals surface area contributed by atoms with Crippen molar-refractivity contribution in [2.75, 3.05) is 13.2 Å². The lowest BCUT2D eigenvalue weighted by molar-refractivity contribution is -0.141. The summed E-state index contributed by atoms with van der Waals surface area (Å²) in [6.45, 7) is 10.2. The zero-order valence-corrected chi connectivity index (χ0v) is 23.8. The molecule has 0 saturated carbocycles. The first-order chi connectivity index (χ1) is 18.5. The normalized spacial score (nSPS) is 17.3. The summed E-state index contributed by atoms with van der Waals surface area (Å²) in [6, 6.07) is 7.90. The maximum atomic E-state index is 13.8. The summed E-state index contributed by atoms with van der Waals surface area (Å²) in [6.07, 6.45) is 4.22. The second kappa shape index (κ2) is 11.8. The number of hydrogen-bond acceptors (Lipinski definition) is 7. The van der Waals surface area contributed by atoms with Crippen LogP contribution in [0.5, 0.6) is 0 Å². The lowest BCUT2D eigenvalue weighted by atomic mass is 9.88. The van der Waals surface area contributed by atoms with Crippen molar-refractivity contribution in [2.24, 2.45) is 5.92 Å². The number of nitrogens with zero attached hydrogens (tertiary/aromatic N) is 4. The molecule has 1 saturated heterocycles. The Balaban J connectivity index is 1.49. The molecule has 3 heterocycles. The molecular weight excluding hydrogens is 518 g/mol. The fraction of sp³-hybridized carbons (Fsp3) is 0.483. The summed E-state index contributed by atoms with van der Waals surface area (Å²) in [7, 11) is 0. The Kier molecular flexibility index (Phi) is 8.71. The van der Waals surface area contributed by atoms with E-state index in [-0.39, 0.29) is 29.8 Å². The Morgan fingerprint density at radius 3 is 2.54 bits per heavy atom. The van der Waals surface area contributed by atoms with Crippen LogP contribution in [0.25, 0.3) is 11.3 Å². The number of aliphatic hydroxyl groups excluding tert-OH is 1. The molecule has 0 unspecified atom stereocenters. The Morgan fingerprint density at radius 1 is 1.23 bits per heavy atom. The summed E-state index contributed by atoms with van der Waals surface area (Å²) < 4.78 is 5.63. The van der Waals surface area contributed by atoms with Gasteiger partial charge in [-0.05, 0) is 24.3 Å². The first-order valence-corrected chi connectivity index (χ1v) is 13.6. The number of rotatable bonds is 8. The van der Waals surface area contributed by atoms with Crippen LogP contribution in [-0.2, 0) is 15.0 Å². The van der Waals surface area contributed by atoms with Gasteiger partial charge in [-0.25, -0.2) is 9.97 Å². The van der Waals surface area contributed by atoms with E-state index < -0.39 is 18.0 Å². The van der Waals surface area contributed by atoms with Crippen molar-refractivity contribution in [1.29, 1.82) is 0 Å². The smallest absolute Gasteiger partial charge is 0.243 e. The highest BCUT2D eigenvalue weighted by atomic mass is 35.5. The molecule has 10 heteroatoms. The minimum atomic E-state index is -0.630. The van der Waals surface area contributed by atoms with Crippen molar-refractivity contribution < 1.29 is 19.2 Å². The number of aromatic nitrogens is 3. The van der Waals surface area contributed by atoms with Crippen molar-refractivity contribution in [3.63, 3.8) is 0 Å². The van der Waals surface area contributed by atoms with Gasteiger partial charge < -0.3 is 19.8 Å². The van der Waals surface area contributed by atoms with Crippen molar-refractivity contribution in [1.82, 2.24) is 25.3 Å². The van der Waals surface area contributed by atoms with Crippen LogP contribution in [0.4, 0.5) is 0 Å². The molecule has 1 aliphatic heterocycles. The molecule has 0 spiro atoms. The van der Waals surface area contributed by atoms with Gasteiger partial charge in [0.15, 0.2) is 0 Å². The molecule has 0 bridgehead atoms. The molecule has 2 aromatic heterocycles. The fourth-order valence-corrected chi connectivity index (χ4v) is 5.12. The third kappa shape index (κ3) is 6.31. The van der Waals surface area contributed by atoms with Crippen LogP contribution < -0.4 is 5.32 Å². The number of aliphatic hydroxyl groups is 1. The molecule has 39 heavy (non-hydrogen) atoms. The second-order valence-electron chi connectivity index (χ2n) is 11.4.